The third-order valence-electron chi connectivity index (χ3n) is 6.95. The number of rotatable bonds is 9. The highest BCUT2D eigenvalue weighted by Crippen LogP contribution is 2.44. The van der Waals surface area contributed by atoms with Gasteiger partial charge in [0.05, 0.1) is 12.0 Å². The molecular formula is C27H32N2O6. The summed E-state index contributed by atoms with van der Waals surface area (Å²) in [6.07, 6.45) is 1.70. The zero-order valence-electron chi connectivity index (χ0n) is 19.8. The number of nitrogens with one attached hydrogen (secondary N) is 2. The normalized spacial score (nSPS) is 20.4. The van der Waals surface area contributed by atoms with Crippen LogP contribution in [0.25, 0.3) is 11.1 Å². The fraction of sp³-hybridized carbons (Fsp3) is 0.444. The molecule has 0 heterocycles. The summed E-state index contributed by atoms with van der Waals surface area (Å²) in [5.74, 6) is -1.47. The van der Waals surface area contributed by atoms with E-state index in [1.165, 1.54) is 18.1 Å². The van der Waals surface area contributed by atoms with Gasteiger partial charge in [-0.15, -0.1) is 0 Å². The first-order chi connectivity index (χ1) is 16.7. The number of carboxylic acid groups (broad SMARTS) is 1. The summed E-state index contributed by atoms with van der Waals surface area (Å²) in [5, 5.41) is 24.5. The maximum Gasteiger partial charge on any atom is 0.407 e. The van der Waals surface area contributed by atoms with E-state index in [1.807, 2.05) is 24.3 Å². The Labute approximate surface area is 204 Å². The molecule has 2 aromatic rings. The van der Waals surface area contributed by atoms with Crippen LogP contribution in [0.4, 0.5) is 4.79 Å². The van der Waals surface area contributed by atoms with E-state index in [9.17, 15) is 19.5 Å². The molecule has 1 saturated carbocycles. The fourth-order valence-corrected chi connectivity index (χ4v) is 5.25. The minimum atomic E-state index is -1.52. The van der Waals surface area contributed by atoms with Crippen molar-refractivity contribution in [1.29, 1.82) is 0 Å². The Morgan fingerprint density at radius 2 is 1.66 bits per heavy atom. The topological polar surface area (TPSA) is 125 Å². The highest BCUT2D eigenvalue weighted by molar-refractivity contribution is 5.79. The molecule has 2 aliphatic rings. The molecule has 2 aromatic carbocycles. The highest BCUT2D eigenvalue weighted by Gasteiger charge is 2.33. The van der Waals surface area contributed by atoms with Crippen LogP contribution in [0.2, 0.25) is 0 Å². The van der Waals surface area contributed by atoms with Gasteiger partial charge in [0.1, 0.15) is 6.61 Å². The van der Waals surface area contributed by atoms with Gasteiger partial charge in [-0.25, -0.2) is 4.79 Å². The van der Waals surface area contributed by atoms with Crippen molar-refractivity contribution in [2.24, 2.45) is 5.92 Å². The van der Waals surface area contributed by atoms with Crippen LogP contribution in [0.3, 0.4) is 0 Å². The van der Waals surface area contributed by atoms with Crippen LogP contribution in [-0.2, 0) is 14.3 Å². The van der Waals surface area contributed by atoms with Gasteiger partial charge in [0.2, 0.25) is 5.91 Å². The van der Waals surface area contributed by atoms with Gasteiger partial charge in [-0.1, -0.05) is 55.0 Å². The first-order valence-electron chi connectivity index (χ1n) is 12.1. The molecule has 3 atom stereocenters. The van der Waals surface area contributed by atoms with Gasteiger partial charge >= 0.3 is 12.1 Å². The van der Waals surface area contributed by atoms with Crippen LogP contribution in [0.15, 0.2) is 48.5 Å². The van der Waals surface area contributed by atoms with E-state index in [-0.39, 0.29) is 43.4 Å². The van der Waals surface area contributed by atoms with Gasteiger partial charge in [0.25, 0.3) is 0 Å². The molecule has 4 N–H and O–H groups in total. The minimum absolute atomic E-state index is 0.0168. The van der Waals surface area contributed by atoms with Crippen LogP contribution in [0.5, 0.6) is 0 Å². The zero-order valence-corrected chi connectivity index (χ0v) is 19.8. The summed E-state index contributed by atoms with van der Waals surface area (Å²) >= 11 is 0. The summed E-state index contributed by atoms with van der Waals surface area (Å²) in [5.41, 5.74) is 3.12. The minimum Gasteiger partial charge on any atom is -0.481 e. The number of benzene rings is 2. The van der Waals surface area contributed by atoms with Crippen LogP contribution in [0, 0.1) is 5.92 Å². The summed E-state index contributed by atoms with van der Waals surface area (Å²) in [7, 11) is 0. The van der Waals surface area contributed by atoms with Crippen molar-refractivity contribution < 1.29 is 29.3 Å². The number of aliphatic carboxylic acids is 1. The molecule has 2 aliphatic carbocycles. The number of hydrogen-bond acceptors (Lipinski definition) is 5. The molecule has 8 nitrogen and oxygen atoms in total. The van der Waals surface area contributed by atoms with Crippen LogP contribution in [-0.4, -0.2) is 53.0 Å². The quantitative estimate of drug-likeness (QED) is 0.436. The van der Waals surface area contributed by atoms with E-state index in [2.05, 4.69) is 34.9 Å². The van der Waals surface area contributed by atoms with Crippen molar-refractivity contribution in [2.45, 2.75) is 56.6 Å². The maximum atomic E-state index is 12.6. The molecule has 35 heavy (non-hydrogen) atoms. The van der Waals surface area contributed by atoms with E-state index < -0.39 is 24.1 Å². The van der Waals surface area contributed by atoms with Gasteiger partial charge in [-0.2, -0.15) is 0 Å². The van der Waals surface area contributed by atoms with Crippen molar-refractivity contribution in [2.75, 3.05) is 13.2 Å². The van der Waals surface area contributed by atoms with E-state index in [0.717, 1.165) is 30.4 Å². The Morgan fingerprint density at radius 1 is 1.03 bits per heavy atom. The summed E-state index contributed by atoms with van der Waals surface area (Å²) in [6, 6.07) is 16.1. The number of carbonyl (C=O) groups is 3. The number of amides is 2. The van der Waals surface area contributed by atoms with E-state index in [4.69, 9.17) is 9.84 Å². The zero-order chi connectivity index (χ0) is 25.0. The van der Waals surface area contributed by atoms with Crippen molar-refractivity contribution in [3.05, 3.63) is 59.7 Å². The van der Waals surface area contributed by atoms with Gasteiger partial charge < -0.3 is 25.6 Å². The molecule has 8 heteroatoms. The Balaban J connectivity index is 1.28. The van der Waals surface area contributed by atoms with Crippen LogP contribution >= 0.6 is 0 Å². The smallest absolute Gasteiger partial charge is 0.407 e. The number of carbonyl (C=O) groups excluding carboxylic acids is 2. The second-order valence-electron chi connectivity index (χ2n) is 9.82. The lowest BCUT2D eigenvalue weighted by molar-refractivity contribution is -0.142. The monoisotopic (exact) mass is 480 g/mol. The molecule has 0 aliphatic heterocycles. The third-order valence-corrected chi connectivity index (χ3v) is 6.95. The lowest BCUT2D eigenvalue weighted by Gasteiger charge is -2.24. The summed E-state index contributed by atoms with van der Waals surface area (Å²) < 4.78 is 5.64. The molecule has 0 saturated heterocycles. The van der Waals surface area contributed by atoms with Gasteiger partial charge in [0.15, 0.2) is 0 Å². The summed E-state index contributed by atoms with van der Waals surface area (Å²) in [6.45, 7) is 1.46. The molecule has 4 rings (SSSR count). The number of alkyl carbamates (subject to hydrolysis) is 1. The average Bonchev–Trinajstić information content (AvgIpc) is 3.37. The number of aliphatic hydroxyl groups is 1. The fourth-order valence-electron chi connectivity index (χ4n) is 5.25. The van der Waals surface area contributed by atoms with Crippen LogP contribution in [0.1, 0.15) is 56.1 Å². The molecule has 0 spiro atoms. The van der Waals surface area contributed by atoms with E-state index in [1.54, 1.807) is 0 Å². The SMILES string of the molecule is CC(O)(CNC(=O)C[C@@H]1CCC[C@H]1NC(=O)OCC1c2ccccc2-c2ccccc21)CC(=O)O. The lowest BCUT2D eigenvalue weighted by atomic mass is 9.98. The van der Waals surface area contributed by atoms with E-state index >= 15 is 0 Å². The van der Waals surface area contributed by atoms with Gasteiger partial charge in [0, 0.05) is 24.9 Å². The second kappa shape index (κ2) is 10.5. The number of hydrogen-bond donors (Lipinski definition) is 4. The molecule has 0 radical (unpaired) electrons. The number of ether oxygens (including phenoxy) is 1. The highest BCUT2D eigenvalue weighted by atomic mass is 16.5. The molecule has 1 unspecified atom stereocenters. The van der Waals surface area contributed by atoms with Crippen LogP contribution < -0.4 is 10.6 Å². The van der Waals surface area contributed by atoms with Gasteiger partial charge in [-0.05, 0) is 47.9 Å². The Hall–Kier alpha value is -3.39. The third kappa shape index (κ3) is 6.00. The van der Waals surface area contributed by atoms with Crippen molar-refractivity contribution in [3.63, 3.8) is 0 Å². The summed E-state index contributed by atoms with van der Waals surface area (Å²) in [4.78, 5) is 35.8. The molecule has 186 valence electrons. The molecule has 0 bridgehead atoms. The Morgan fingerprint density at radius 3 is 2.29 bits per heavy atom. The lowest BCUT2D eigenvalue weighted by Crippen LogP contribution is -2.44. The first-order valence-corrected chi connectivity index (χ1v) is 12.1. The van der Waals surface area contributed by atoms with E-state index in [0.29, 0.717) is 0 Å². The molecular weight excluding hydrogens is 448 g/mol. The van der Waals surface area contributed by atoms with Crippen molar-refractivity contribution in [3.8, 4) is 11.1 Å². The van der Waals surface area contributed by atoms with Crippen molar-refractivity contribution >= 4 is 18.0 Å². The van der Waals surface area contributed by atoms with Crippen molar-refractivity contribution in [1.82, 2.24) is 10.6 Å². The maximum absolute atomic E-state index is 12.6. The molecule has 2 amide bonds. The Kier molecular flexibility index (Phi) is 7.40. The predicted molar refractivity (Wildman–Crippen MR) is 130 cm³/mol. The van der Waals surface area contributed by atoms with Gasteiger partial charge in [-0.3, -0.25) is 9.59 Å². The molecule has 0 aromatic heterocycles. The largest absolute Gasteiger partial charge is 0.481 e. The predicted octanol–water partition coefficient (Wildman–Crippen LogP) is 3.43. The first kappa shape index (κ1) is 24.7. The number of fused-ring (bicyclic) bond motifs is 3. The Bertz CT molecular complexity index is 1050. The molecule has 1 fully saturated rings. The average molecular weight is 481 g/mol. The second-order valence-corrected chi connectivity index (χ2v) is 9.82. The number of carboxylic acids is 1. The standard InChI is InChI=1S/C27H32N2O6/c1-27(34,14-25(31)32)16-28-24(30)13-17-7-6-12-23(17)29-26(33)35-15-22-20-10-4-2-8-18(20)19-9-3-5-11-21(19)22/h2-5,8-11,17,22-23,34H,6-7,12-16H2,1H3,(H,28,30)(H,29,33)(H,31,32)/t17-,23+,27?/m0/s1.